The standard InChI is InChI=1S/C22H43N5O5/c1-12(2)11-16(22(31)32)26-21(30)18(14(5)6)27-19(28)15(9-7-8-10-23)25-20(29)17(24)13(3)4/h12-18H,7-11,23-24H2,1-6H3,(H,25,29)(H,26,30)(H,27,28)(H,31,32). The summed E-state index contributed by atoms with van der Waals surface area (Å²) in [6, 6.07) is -3.65. The SMILES string of the molecule is CC(C)CC(NC(=O)C(NC(=O)C(CCCCN)NC(=O)C(N)C(C)C)C(C)C)C(=O)O. The number of unbranched alkanes of at least 4 members (excludes halogenated alkanes) is 1. The average Bonchev–Trinajstić information content (AvgIpc) is 2.68. The van der Waals surface area contributed by atoms with E-state index in [-0.39, 0.29) is 24.2 Å². The Labute approximate surface area is 191 Å². The second-order valence-corrected chi connectivity index (χ2v) is 9.37. The molecule has 0 aromatic heterocycles. The van der Waals surface area contributed by atoms with Crippen LogP contribution in [0.15, 0.2) is 0 Å². The summed E-state index contributed by atoms with van der Waals surface area (Å²) in [5, 5.41) is 17.3. The first kappa shape index (κ1) is 29.8. The number of carbonyl (C=O) groups excluding carboxylic acids is 3. The summed E-state index contributed by atoms with van der Waals surface area (Å²) < 4.78 is 0. The van der Waals surface area contributed by atoms with Crippen LogP contribution in [-0.2, 0) is 19.2 Å². The highest BCUT2D eigenvalue weighted by Gasteiger charge is 2.32. The lowest BCUT2D eigenvalue weighted by atomic mass is 9.99. The lowest BCUT2D eigenvalue weighted by Crippen LogP contribution is -2.58. The van der Waals surface area contributed by atoms with Crippen molar-refractivity contribution in [1.82, 2.24) is 16.0 Å². The first-order valence-electron chi connectivity index (χ1n) is 11.4. The Balaban J connectivity index is 5.42. The fourth-order valence-corrected chi connectivity index (χ4v) is 3.08. The number of carboxylic acids is 1. The van der Waals surface area contributed by atoms with Crippen molar-refractivity contribution < 1.29 is 24.3 Å². The monoisotopic (exact) mass is 457 g/mol. The molecule has 0 heterocycles. The van der Waals surface area contributed by atoms with Crippen LogP contribution in [0.5, 0.6) is 0 Å². The summed E-state index contributed by atoms with van der Waals surface area (Å²) in [6.45, 7) is 11.3. The number of hydrogen-bond acceptors (Lipinski definition) is 6. The van der Waals surface area contributed by atoms with E-state index >= 15 is 0 Å². The second-order valence-electron chi connectivity index (χ2n) is 9.37. The molecule has 0 aliphatic carbocycles. The van der Waals surface area contributed by atoms with Gasteiger partial charge in [0.2, 0.25) is 17.7 Å². The average molecular weight is 458 g/mol. The maximum Gasteiger partial charge on any atom is 0.326 e. The molecule has 10 heteroatoms. The number of rotatable bonds is 15. The van der Waals surface area contributed by atoms with Gasteiger partial charge in [-0.3, -0.25) is 14.4 Å². The summed E-state index contributed by atoms with van der Waals surface area (Å²) in [6.07, 6.45) is 1.90. The van der Waals surface area contributed by atoms with Crippen molar-refractivity contribution in [2.45, 2.75) is 91.4 Å². The molecule has 0 aliphatic rings. The van der Waals surface area contributed by atoms with Crippen LogP contribution >= 0.6 is 0 Å². The fraction of sp³-hybridized carbons (Fsp3) is 0.818. The molecule has 0 rings (SSSR count). The molecule has 4 unspecified atom stereocenters. The summed E-state index contributed by atoms with van der Waals surface area (Å²) in [5.74, 6) is -3.01. The molecule has 0 spiro atoms. The van der Waals surface area contributed by atoms with Crippen LogP contribution in [0.25, 0.3) is 0 Å². The van der Waals surface area contributed by atoms with E-state index in [1.54, 1.807) is 13.8 Å². The van der Waals surface area contributed by atoms with Crippen molar-refractivity contribution >= 4 is 23.7 Å². The maximum atomic E-state index is 13.0. The van der Waals surface area contributed by atoms with Crippen LogP contribution < -0.4 is 27.4 Å². The summed E-state index contributed by atoms with van der Waals surface area (Å²) in [4.78, 5) is 49.7. The number of amides is 3. The maximum absolute atomic E-state index is 13.0. The van der Waals surface area contributed by atoms with Gasteiger partial charge in [-0.2, -0.15) is 0 Å². The normalized spacial score (nSPS) is 15.2. The molecule has 0 aliphatic heterocycles. The van der Waals surface area contributed by atoms with Crippen molar-refractivity contribution in [3.8, 4) is 0 Å². The number of hydrogen-bond donors (Lipinski definition) is 6. The molecule has 0 bridgehead atoms. The van der Waals surface area contributed by atoms with E-state index in [9.17, 15) is 24.3 Å². The van der Waals surface area contributed by atoms with Crippen molar-refractivity contribution in [2.75, 3.05) is 6.54 Å². The van der Waals surface area contributed by atoms with Crippen molar-refractivity contribution in [1.29, 1.82) is 0 Å². The van der Waals surface area contributed by atoms with Gasteiger partial charge in [-0.05, 0) is 50.0 Å². The number of nitrogens with two attached hydrogens (primary N) is 2. The van der Waals surface area contributed by atoms with Gasteiger partial charge in [-0.1, -0.05) is 41.5 Å². The molecule has 186 valence electrons. The molecule has 0 saturated carbocycles. The molecule has 0 aromatic carbocycles. The second kappa shape index (κ2) is 14.8. The lowest BCUT2D eigenvalue weighted by molar-refractivity contribution is -0.143. The van der Waals surface area contributed by atoms with Gasteiger partial charge in [0.1, 0.15) is 18.1 Å². The summed E-state index contributed by atoms with van der Waals surface area (Å²) >= 11 is 0. The smallest absolute Gasteiger partial charge is 0.326 e. The molecule has 3 amide bonds. The quantitative estimate of drug-likeness (QED) is 0.192. The third kappa shape index (κ3) is 10.9. The van der Waals surface area contributed by atoms with Gasteiger partial charge >= 0.3 is 5.97 Å². The highest BCUT2D eigenvalue weighted by molar-refractivity contribution is 5.94. The number of nitrogens with one attached hydrogen (secondary N) is 3. The van der Waals surface area contributed by atoms with Gasteiger partial charge in [0.05, 0.1) is 6.04 Å². The largest absolute Gasteiger partial charge is 0.480 e. The molecule has 32 heavy (non-hydrogen) atoms. The van der Waals surface area contributed by atoms with Crippen LogP contribution in [0.1, 0.15) is 67.2 Å². The Hall–Kier alpha value is -2.20. The first-order valence-corrected chi connectivity index (χ1v) is 11.4. The molecule has 10 nitrogen and oxygen atoms in total. The Morgan fingerprint density at radius 3 is 1.78 bits per heavy atom. The Morgan fingerprint density at radius 2 is 1.34 bits per heavy atom. The van der Waals surface area contributed by atoms with Gasteiger partial charge in [0, 0.05) is 0 Å². The van der Waals surface area contributed by atoms with Crippen LogP contribution in [0.4, 0.5) is 0 Å². The lowest BCUT2D eigenvalue weighted by Gasteiger charge is -2.27. The molecule has 8 N–H and O–H groups in total. The highest BCUT2D eigenvalue weighted by atomic mass is 16.4. The Morgan fingerprint density at radius 1 is 0.781 bits per heavy atom. The molecule has 0 aromatic rings. The molecular weight excluding hydrogens is 414 g/mol. The third-order valence-corrected chi connectivity index (χ3v) is 5.17. The van der Waals surface area contributed by atoms with Crippen LogP contribution in [-0.4, -0.2) is 59.5 Å². The predicted octanol–water partition coefficient (Wildman–Crippen LogP) is 0.340. The molecule has 0 fully saturated rings. The zero-order valence-electron chi connectivity index (χ0n) is 20.3. The minimum absolute atomic E-state index is 0.0656. The van der Waals surface area contributed by atoms with Gasteiger partial charge in [0.25, 0.3) is 0 Å². The Kier molecular flexibility index (Phi) is 13.8. The van der Waals surface area contributed by atoms with E-state index in [0.29, 0.717) is 25.8 Å². The third-order valence-electron chi connectivity index (χ3n) is 5.17. The van der Waals surface area contributed by atoms with E-state index in [1.165, 1.54) is 0 Å². The number of aliphatic carboxylic acids is 1. The van der Waals surface area contributed by atoms with Crippen molar-refractivity contribution in [3.63, 3.8) is 0 Å². The highest BCUT2D eigenvalue weighted by Crippen LogP contribution is 2.10. The summed E-state index contributed by atoms with van der Waals surface area (Å²) in [7, 11) is 0. The van der Waals surface area contributed by atoms with E-state index in [0.717, 1.165) is 0 Å². The van der Waals surface area contributed by atoms with Crippen molar-refractivity contribution in [3.05, 3.63) is 0 Å². The minimum Gasteiger partial charge on any atom is -0.480 e. The van der Waals surface area contributed by atoms with Crippen LogP contribution in [0.3, 0.4) is 0 Å². The van der Waals surface area contributed by atoms with Gasteiger partial charge in [0.15, 0.2) is 0 Å². The van der Waals surface area contributed by atoms with E-state index in [2.05, 4.69) is 16.0 Å². The molecule has 4 atom stereocenters. The number of carboxylic acid groups (broad SMARTS) is 1. The summed E-state index contributed by atoms with van der Waals surface area (Å²) in [5.41, 5.74) is 11.4. The molecule has 0 radical (unpaired) electrons. The molecular formula is C22H43N5O5. The number of carbonyl (C=O) groups is 4. The minimum atomic E-state index is -1.13. The van der Waals surface area contributed by atoms with E-state index in [1.807, 2.05) is 27.7 Å². The van der Waals surface area contributed by atoms with Crippen LogP contribution in [0.2, 0.25) is 0 Å². The zero-order valence-corrected chi connectivity index (χ0v) is 20.3. The zero-order chi connectivity index (χ0) is 25.0. The van der Waals surface area contributed by atoms with Crippen LogP contribution in [0, 0.1) is 17.8 Å². The van der Waals surface area contributed by atoms with Crippen molar-refractivity contribution in [2.24, 2.45) is 29.2 Å². The van der Waals surface area contributed by atoms with Gasteiger partial charge < -0.3 is 32.5 Å². The Bertz CT molecular complexity index is 624. The topological polar surface area (TPSA) is 177 Å². The van der Waals surface area contributed by atoms with Gasteiger partial charge in [-0.25, -0.2) is 4.79 Å². The first-order chi connectivity index (χ1) is 14.8. The molecule has 0 saturated heterocycles. The van der Waals surface area contributed by atoms with E-state index < -0.39 is 47.9 Å². The predicted molar refractivity (Wildman–Crippen MR) is 123 cm³/mol. The van der Waals surface area contributed by atoms with Gasteiger partial charge in [-0.15, -0.1) is 0 Å². The van der Waals surface area contributed by atoms with E-state index in [4.69, 9.17) is 11.5 Å². The fourth-order valence-electron chi connectivity index (χ4n) is 3.08.